The molecule has 0 radical (unpaired) electrons. The lowest BCUT2D eigenvalue weighted by Gasteiger charge is -2.10. The number of rotatable bonds is 8. The van der Waals surface area contributed by atoms with Crippen LogP contribution in [0.2, 0.25) is 0 Å². The minimum Gasteiger partial charge on any atom is -0.461 e. The molecule has 0 aliphatic heterocycles. The van der Waals surface area contributed by atoms with Crippen LogP contribution in [0, 0.1) is 0 Å². The average molecular weight is 419 g/mol. The van der Waals surface area contributed by atoms with E-state index in [-0.39, 0.29) is 12.2 Å². The molecule has 0 aliphatic rings. The molecule has 9 nitrogen and oxygen atoms in total. The van der Waals surface area contributed by atoms with E-state index in [9.17, 15) is 0 Å². The van der Waals surface area contributed by atoms with Crippen LogP contribution in [0.4, 0.5) is 0 Å². The van der Waals surface area contributed by atoms with Gasteiger partial charge in [-0.1, -0.05) is 42.5 Å². The van der Waals surface area contributed by atoms with E-state index >= 15 is 0 Å². The van der Waals surface area contributed by atoms with Crippen molar-refractivity contribution in [2.75, 3.05) is 0 Å². The van der Waals surface area contributed by atoms with Gasteiger partial charge in [0.25, 0.3) is 0 Å². The fourth-order valence-electron chi connectivity index (χ4n) is 3.07. The van der Waals surface area contributed by atoms with Gasteiger partial charge in [0.1, 0.15) is 0 Å². The zero-order valence-corrected chi connectivity index (χ0v) is 18.0. The Morgan fingerprint density at radius 2 is 1.65 bits per heavy atom. The molecule has 4 rings (SSSR count). The van der Waals surface area contributed by atoms with Gasteiger partial charge in [-0.05, 0) is 55.7 Å². The smallest absolute Gasteiger partial charge is 0.339 e. The van der Waals surface area contributed by atoms with Crippen LogP contribution in [0.15, 0.2) is 48.5 Å². The van der Waals surface area contributed by atoms with Crippen molar-refractivity contribution in [3.8, 4) is 34.5 Å². The molecule has 0 spiro atoms. The number of H-pyrrole nitrogens is 1. The Balaban J connectivity index is 1.54. The highest BCUT2D eigenvalue weighted by molar-refractivity contribution is 5.70. The van der Waals surface area contributed by atoms with Crippen LogP contribution in [-0.4, -0.2) is 47.6 Å². The number of aromatic nitrogens is 7. The van der Waals surface area contributed by atoms with Crippen molar-refractivity contribution >= 4 is 0 Å². The molecule has 160 valence electrons. The van der Waals surface area contributed by atoms with Gasteiger partial charge in [0.2, 0.25) is 5.82 Å². The van der Waals surface area contributed by atoms with E-state index in [1.807, 2.05) is 45.9 Å². The maximum absolute atomic E-state index is 5.81. The minimum atomic E-state index is -0.0105. The molecule has 0 amide bonds. The van der Waals surface area contributed by atoms with Crippen molar-refractivity contribution in [2.45, 2.75) is 46.4 Å². The van der Waals surface area contributed by atoms with E-state index in [1.54, 1.807) is 4.68 Å². The molecular weight excluding hydrogens is 394 g/mol. The first-order chi connectivity index (χ1) is 15.0. The third kappa shape index (κ3) is 5.06. The minimum absolute atomic E-state index is 0.00903. The Kier molecular flexibility index (Phi) is 5.92. The molecule has 0 aliphatic carbocycles. The van der Waals surface area contributed by atoms with Crippen LogP contribution in [-0.2, 0) is 6.54 Å². The number of hydrogen-bond acceptors (Lipinski definition) is 7. The molecule has 2 aromatic carbocycles. The number of aromatic amines is 1. The topological polar surface area (TPSA) is 104 Å². The Morgan fingerprint density at radius 1 is 0.903 bits per heavy atom. The molecular formula is C22H25N7O2. The normalized spacial score (nSPS) is 11.3. The highest BCUT2D eigenvalue weighted by atomic mass is 16.5. The van der Waals surface area contributed by atoms with Crippen LogP contribution < -0.4 is 9.47 Å². The standard InChI is InChI=1S/C22H25N7O2/c1-14(2)30-21-23-22(31-15(3)4)29(26-21)13-16-8-10-17(11-9-16)18-6-5-7-19(12-18)20-24-27-28-25-20/h5-12,14-15H,13H2,1-4H3,(H,24,25,27,28). The lowest BCUT2D eigenvalue weighted by atomic mass is 10.0. The van der Waals surface area contributed by atoms with Crippen molar-refractivity contribution in [2.24, 2.45) is 0 Å². The van der Waals surface area contributed by atoms with Crippen molar-refractivity contribution in [1.29, 1.82) is 0 Å². The summed E-state index contributed by atoms with van der Waals surface area (Å²) in [4.78, 5) is 4.37. The van der Waals surface area contributed by atoms with E-state index in [4.69, 9.17) is 9.47 Å². The molecule has 1 N–H and O–H groups in total. The van der Waals surface area contributed by atoms with Gasteiger partial charge in [0, 0.05) is 5.56 Å². The number of hydrogen-bond donors (Lipinski definition) is 1. The Morgan fingerprint density at radius 3 is 2.32 bits per heavy atom. The second kappa shape index (κ2) is 8.95. The maximum Gasteiger partial charge on any atom is 0.339 e. The lowest BCUT2D eigenvalue weighted by Crippen LogP contribution is -2.12. The molecule has 2 aromatic heterocycles. The molecule has 9 heteroatoms. The summed E-state index contributed by atoms with van der Waals surface area (Å²) in [6.45, 7) is 8.32. The first kappa shape index (κ1) is 20.5. The second-order valence-corrected chi connectivity index (χ2v) is 7.68. The zero-order chi connectivity index (χ0) is 21.8. The van der Waals surface area contributed by atoms with E-state index < -0.39 is 0 Å². The fraction of sp³-hybridized carbons (Fsp3) is 0.318. The van der Waals surface area contributed by atoms with Crippen LogP contribution in [0.1, 0.15) is 33.3 Å². The Hall–Kier alpha value is -3.75. The van der Waals surface area contributed by atoms with Gasteiger partial charge in [-0.25, -0.2) is 4.68 Å². The number of ether oxygens (including phenoxy) is 2. The first-order valence-corrected chi connectivity index (χ1v) is 10.2. The fourth-order valence-corrected chi connectivity index (χ4v) is 3.07. The number of nitrogens with zero attached hydrogens (tertiary/aromatic N) is 6. The van der Waals surface area contributed by atoms with E-state index in [0.29, 0.717) is 24.4 Å². The van der Waals surface area contributed by atoms with Gasteiger partial charge in [-0.15, -0.1) is 20.3 Å². The average Bonchev–Trinajstić information content (AvgIpc) is 3.39. The molecule has 0 saturated heterocycles. The summed E-state index contributed by atoms with van der Waals surface area (Å²) < 4.78 is 13.2. The van der Waals surface area contributed by atoms with E-state index in [0.717, 1.165) is 22.3 Å². The molecule has 0 bridgehead atoms. The molecule has 4 aromatic rings. The number of tetrazole rings is 1. The molecule has 31 heavy (non-hydrogen) atoms. The Bertz CT molecular complexity index is 1120. The molecule has 0 saturated carbocycles. The van der Waals surface area contributed by atoms with Gasteiger partial charge in [-0.2, -0.15) is 5.21 Å². The lowest BCUT2D eigenvalue weighted by molar-refractivity contribution is 0.207. The van der Waals surface area contributed by atoms with Gasteiger partial charge in [0.05, 0.1) is 18.8 Å². The van der Waals surface area contributed by atoms with Gasteiger partial charge < -0.3 is 9.47 Å². The molecule has 2 heterocycles. The summed E-state index contributed by atoms with van der Waals surface area (Å²) in [5, 5.41) is 18.7. The maximum atomic E-state index is 5.81. The van der Waals surface area contributed by atoms with Gasteiger partial charge in [0.15, 0.2) is 0 Å². The number of benzene rings is 2. The summed E-state index contributed by atoms with van der Waals surface area (Å²) in [5.74, 6) is 0.571. The SMILES string of the molecule is CC(C)Oc1nc(OC(C)C)n(Cc2ccc(-c3cccc(-c4nn[nH]n4)c3)cc2)n1. The summed E-state index contributed by atoms with van der Waals surface area (Å²) in [7, 11) is 0. The quantitative estimate of drug-likeness (QED) is 0.464. The van der Waals surface area contributed by atoms with E-state index in [2.05, 4.69) is 61.0 Å². The largest absolute Gasteiger partial charge is 0.461 e. The Labute approximate surface area is 180 Å². The van der Waals surface area contributed by atoms with Gasteiger partial charge >= 0.3 is 12.0 Å². The van der Waals surface area contributed by atoms with Crippen molar-refractivity contribution < 1.29 is 9.47 Å². The highest BCUT2D eigenvalue weighted by Gasteiger charge is 2.15. The predicted molar refractivity (Wildman–Crippen MR) is 116 cm³/mol. The third-order valence-corrected chi connectivity index (χ3v) is 4.39. The molecule has 0 atom stereocenters. The van der Waals surface area contributed by atoms with Crippen LogP contribution in [0.5, 0.6) is 12.0 Å². The summed E-state index contributed by atoms with van der Waals surface area (Å²) >= 11 is 0. The van der Waals surface area contributed by atoms with E-state index in [1.165, 1.54) is 0 Å². The summed E-state index contributed by atoms with van der Waals surface area (Å²) in [6, 6.07) is 17.1. The number of nitrogens with one attached hydrogen (secondary N) is 1. The molecule has 0 unspecified atom stereocenters. The highest BCUT2D eigenvalue weighted by Crippen LogP contribution is 2.25. The summed E-state index contributed by atoms with van der Waals surface area (Å²) in [5.41, 5.74) is 4.15. The van der Waals surface area contributed by atoms with Crippen molar-refractivity contribution in [3.63, 3.8) is 0 Å². The van der Waals surface area contributed by atoms with Crippen LogP contribution >= 0.6 is 0 Å². The zero-order valence-electron chi connectivity index (χ0n) is 18.0. The van der Waals surface area contributed by atoms with Crippen molar-refractivity contribution in [3.05, 3.63) is 54.1 Å². The van der Waals surface area contributed by atoms with Crippen molar-refractivity contribution in [1.82, 2.24) is 35.4 Å². The third-order valence-electron chi connectivity index (χ3n) is 4.39. The van der Waals surface area contributed by atoms with Crippen LogP contribution in [0.3, 0.4) is 0 Å². The monoisotopic (exact) mass is 419 g/mol. The molecule has 0 fully saturated rings. The summed E-state index contributed by atoms with van der Waals surface area (Å²) in [6.07, 6.45) is -0.0195. The predicted octanol–water partition coefficient (Wildman–Crippen LogP) is 3.75. The van der Waals surface area contributed by atoms with Gasteiger partial charge in [-0.3, -0.25) is 0 Å². The first-order valence-electron chi connectivity index (χ1n) is 10.2. The van der Waals surface area contributed by atoms with Crippen LogP contribution in [0.25, 0.3) is 22.5 Å². The second-order valence-electron chi connectivity index (χ2n) is 7.68.